The summed E-state index contributed by atoms with van der Waals surface area (Å²) in [5.41, 5.74) is 0.524. The predicted molar refractivity (Wildman–Crippen MR) is 76.9 cm³/mol. The van der Waals surface area contributed by atoms with Gasteiger partial charge in [-0.1, -0.05) is 13.0 Å². The van der Waals surface area contributed by atoms with Crippen molar-refractivity contribution in [2.75, 3.05) is 26.7 Å². The van der Waals surface area contributed by atoms with E-state index in [0.29, 0.717) is 12.1 Å². The fourth-order valence-electron chi connectivity index (χ4n) is 2.52. The van der Waals surface area contributed by atoms with Gasteiger partial charge in [-0.2, -0.15) is 0 Å². The molecule has 1 aliphatic rings. The fraction of sp³-hybridized carbons (Fsp3) is 0.533. The van der Waals surface area contributed by atoms with Gasteiger partial charge >= 0.3 is 0 Å². The van der Waals surface area contributed by atoms with E-state index in [-0.39, 0.29) is 5.92 Å². The molecular formula is C15H21F2N3. The fourth-order valence-corrected chi connectivity index (χ4v) is 2.52. The first kappa shape index (κ1) is 14.8. The lowest BCUT2D eigenvalue weighted by Gasteiger charge is -2.23. The molecule has 1 atom stereocenters. The normalized spacial score (nSPS) is 17.4. The van der Waals surface area contributed by atoms with Crippen molar-refractivity contribution in [1.82, 2.24) is 10.2 Å². The van der Waals surface area contributed by atoms with Crippen molar-refractivity contribution in [3.05, 3.63) is 35.4 Å². The molecule has 0 saturated carbocycles. The molecule has 1 aliphatic heterocycles. The molecule has 0 radical (unpaired) electrons. The minimum atomic E-state index is -0.542. The molecule has 3 nitrogen and oxygen atoms in total. The Kier molecular flexibility index (Phi) is 4.93. The van der Waals surface area contributed by atoms with E-state index in [1.165, 1.54) is 25.0 Å². The third-order valence-corrected chi connectivity index (χ3v) is 3.68. The van der Waals surface area contributed by atoms with E-state index in [4.69, 9.17) is 0 Å². The van der Waals surface area contributed by atoms with Crippen LogP contribution in [0, 0.1) is 11.6 Å². The summed E-state index contributed by atoms with van der Waals surface area (Å²) >= 11 is 0. The molecular weight excluding hydrogens is 260 g/mol. The molecule has 1 N–H and O–H groups in total. The van der Waals surface area contributed by atoms with Crippen LogP contribution in [0.25, 0.3) is 0 Å². The lowest BCUT2D eigenvalue weighted by Crippen LogP contribution is -2.41. The third kappa shape index (κ3) is 3.46. The van der Waals surface area contributed by atoms with Crippen LogP contribution < -0.4 is 5.32 Å². The first-order valence-corrected chi connectivity index (χ1v) is 7.02. The molecule has 2 rings (SSSR count). The summed E-state index contributed by atoms with van der Waals surface area (Å²) in [6, 6.07) is 3.74. The Morgan fingerprint density at radius 1 is 1.35 bits per heavy atom. The average Bonchev–Trinajstić information content (AvgIpc) is 2.93. The van der Waals surface area contributed by atoms with E-state index >= 15 is 0 Å². The molecule has 0 aliphatic carbocycles. The summed E-state index contributed by atoms with van der Waals surface area (Å²) in [6.07, 6.45) is 2.37. The maximum Gasteiger partial charge on any atom is 0.193 e. The van der Waals surface area contributed by atoms with Gasteiger partial charge in [0.05, 0.1) is 0 Å². The minimum absolute atomic E-state index is 0.0463. The molecule has 0 bridgehead atoms. The van der Waals surface area contributed by atoms with Crippen molar-refractivity contribution in [3.8, 4) is 0 Å². The summed E-state index contributed by atoms with van der Waals surface area (Å²) in [6.45, 7) is 4.52. The molecule has 5 heteroatoms. The Balaban J connectivity index is 1.95. The molecule has 1 unspecified atom stereocenters. The quantitative estimate of drug-likeness (QED) is 0.681. The van der Waals surface area contributed by atoms with Gasteiger partial charge in [0.15, 0.2) is 5.96 Å². The zero-order valence-corrected chi connectivity index (χ0v) is 12.0. The molecule has 20 heavy (non-hydrogen) atoms. The van der Waals surface area contributed by atoms with Crippen LogP contribution >= 0.6 is 0 Å². The lowest BCUT2D eigenvalue weighted by molar-refractivity contribution is 0.487. The summed E-state index contributed by atoms with van der Waals surface area (Å²) < 4.78 is 26.6. The van der Waals surface area contributed by atoms with Gasteiger partial charge in [0.25, 0.3) is 0 Å². The van der Waals surface area contributed by atoms with Crippen molar-refractivity contribution in [2.24, 2.45) is 4.99 Å². The Hall–Kier alpha value is -1.65. The van der Waals surface area contributed by atoms with E-state index in [2.05, 4.69) is 15.2 Å². The molecule has 1 aromatic carbocycles. The Bertz CT molecular complexity index is 482. The molecule has 110 valence electrons. The largest absolute Gasteiger partial charge is 0.356 e. The number of likely N-dealkylation sites (tertiary alicyclic amines) is 1. The Morgan fingerprint density at radius 2 is 2.05 bits per heavy atom. The number of guanidine groups is 1. The molecule has 1 aromatic rings. The zero-order valence-electron chi connectivity index (χ0n) is 12.0. The Labute approximate surface area is 118 Å². The monoisotopic (exact) mass is 281 g/mol. The topological polar surface area (TPSA) is 27.6 Å². The SMILES string of the molecule is CN=C(NCC(C)c1ccc(F)cc1F)N1CCCC1. The summed E-state index contributed by atoms with van der Waals surface area (Å²) in [5.74, 6) is -0.221. The highest BCUT2D eigenvalue weighted by Gasteiger charge is 2.17. The number of rotatable bonds is 3. The zero-order chi connectivity index (χ0) is 14.5. The second-order valence-electron chi connectivity index (χ2n) is 5.19. The van der Waals surface area contributed by atoms with Crippen LogP contribution in [0.15, 0.2) is 23.2 Å². The molecule has 0 aromatic heterocycles. The van der Waals surface area contributed by atoms with Gasteiger partial charge in [0, 0.05) is 38.7 Å². The maximum absolute atomic E-state index is 13.7. The van der Waals surface area contributed by atoms with E-state index in [9.17, 15) is 8.78 Å². The van der Waals surface area contributed by atoms with Crippen LogP contribution in [0.5, 0.6) is 0 Å². The number of halogens is 2. The molecule has 1 saturated heterocycles. The Morgan fingerprint density at radius 3 is 2.65 bits per heavy atom. The van der Waals surface area contributed by atoms with Crippen LogP contribution in [0.3, 0.4) is 0 Å². The second kappa shape index (κ2) is 6.68. The highest BCUT2D eigenvalue weighted by atomic mass is 19.1. The minimum Gasteiger partial charge on any atom is -0.356 e. The van der Waals surface area contributed by atoms with Crippen LogP contribution in [0.2, 0.25) is 0 Å². The number of benzene rings is 1. The number of hydrogen-bond donors (Lipinski definition) is 1. The van der Waals surface area contributed by atoms with Crippen LogP contribution in [0.1, 0.15) is 31.2 Å². The maximum atomic E-state index is 13.7. The van der Waals surface area contributed by atoms with Gasteiger partial charge in [-0.15, -0.1) is 0 Å². The third-order valence-electron chi connectivity index (χ3n) is 3.68. The van der Waals surface area contributed by atoms with Gasteiger partial charge in [0.2, 0.25) is 0 Å². The number of nitrogens with one attached hydrogen (secondary N) is 1. The number of hydrogen-bond acceptors (Lipinski definition) is 1. The lowest BCUT2D eigenvalue weighted by atomic mass is 10.0. The van der Waals surface area contributed by atoms with Gasteiger partial charge in [-0.05, 0) is 24.5 Å². The summed E-state index contributed by atoms with van der Waals surface area (Å²) in [7, 11) is 1.75. The van der Waals surface area contributed by atoms with Gasteiger partial charge in [-0.3, -0.25) is 4.99 Å². The van der Waals surface area contributed by atoms with Crippen LogP contribution in [-0.2, 0) is 0 Å². The van der Waals surface area contributed by atoms with E-state index in [0.717, 1.165) is 25.1 Å². The first-order chi connectivity index (χ1) is 9.61. The van der Waals surface area contributed by atoms with Crippen molar-refractivity contribution in [1.29, 1.82) is 0 Å². The number of aliphatic imine (C=N–C) groups is 1. The van der Waals surface area contributed by atoms with Crippen LogP contribution in [-0.4, -0.2) is 37.5 Å². The van der Waals surface area contributed by atoms with Crippen LogP contribution in [0.4, 0.5) is 8.78 Å². The van der Waals surface area contributed by atoms with Gasteiger partial charge in [-0.25, -0.2) is 8.78 Å². The standard InChI is InChI=1S/C15H21F2N3/c1-11(13-6-5-12(16)9-14(13)17)10-19-15(18-2)20-7-3-4-8-20/h5-6,9,11H,3-4,7-8,10H2,1-2H3,(H,18,19). The predicted octanol–water partition coefficient (Wildman–Crippen LogP) is 2.74. The number of nitrogens with zero attached hydrogens (tertiary/aromatic N) is 2. The summed E-state index contributed by atoms with van der Waals surface area (Å²) in [5, 5.41) is 3.27. The van der Waals surface area contributed by atoms with Crippen molar-refractivity contribution in [3.63, 3.8) is 0 Å². The highest BCUT2D eigenvalue weighted by Crippen LogP contribution is 2.19. The van der Waals surface area contributed by atoms with Crippen molar-refractivity contribution in [2.45, 2.75) is 25.7 Å². The highest BCUT2D eigenvalue weighted by molar-refractivity contribution is 5.80. The van der Waals surface area contributed by atoms with E-state index in [1.54, 1.807) is 7.05 Å². The average molecular weight is 281 g/mol. The molecule has 1 fully saturated rings. The van der Waals surface area contributed by atoms with Gasteiger partial charge in [0.1, 0.15) is 11.6 Å². The second-order valence-corrected chi connectivity index (χ2v) is 5.19. The summed E-state index contributed by atoms with van der Waals surface area (Å²) in [4.78, 5) is 6.45. The molecule has 0 spiro atoms. The smallest absolute Gasteiger partial charge is 0.193 e. The van der Waals surface area contributed by atoms with Crippen molar-refractivity contribution >= 4 is 5.96 Å². The van der Waals surface area contributed by atoms with E-state index in [1.807, 2.05) is 6.92 Å². The van der Waals surface area contributed by atoms with E-state index < -0.39 is 11.6 Å². The molecule has 1 heterocycles. The first-order valence-electron chi connectivity index (χ1n) is 7.02. The molecule has 0 amide bonds. The van der Waals surface area contributed by atoms with Crippen molar-refractivity contribution < 1.29 is 8.78 Å². The van der Waals surface area contributed by atoms with Gasteiger partial charge < -0.3 is 10.2 Å².